The Morgan fingerprint density at radius 3 is 2.61 bits per heavy atom. The Bertz CT molecular complexity index is 258. The van der Waals surface area contributed by atoms with Gasteiger partial charge in [0.2, 0.25) is 0 Å². The maximum Gasteiger partial charge on any atom is 0.0644 e. The third-order valence-electron chi connectivity index (χ3n) is 4.60. The molecule has 2 heteroatoms. The fraction of sp³-hybridized carbons (Fsp3) is 1.00. The van der Waals surface area contributed by atoms with Crippen LogP contribution in [0.5, 0.6) is 0 Å². The molecule has 0 aromatic rings. The van der Waals surface area contributed by atoms with Crippen molar-refractivity contribution in [3.05, 3.63) is 0 Å². The molecule has 1 aliphatic carbocycles. The Kier molecular flexibility index (Phi) is 4.71. The second kappa shape index (κ2) is 5.92. The normalized spacial score (nSPS) is 38.0. The highest BCUT2D eigenvalue weighted by molar-refractivity contribution is 4.88. The number of nitrogens with one attached hydrogen (secondary N) is 1. The molecule has 18 heavy (non-hydrogen) atoms. The van der Waals surface area contributed by atoms with E-state index in [1.165, 1.54) is 32.1 Å². The van der Waals surface area contributed by atoms with Gasteiger partial charge in [-0.2, -0.15) is 0 Å². The summed E-state index contributed by atoms with van der Waals surface area (Å²) >= 11 is 0. The van der Waals surface area contributed by atoms with E-state index in [2.05, 4.69) is 33.0 Å². The van der Waals surface area contributed by atoms with E-state index in [1.807, 2.05) is 0 Å². The lowest BCUT2D eigenvalue weighted by Crippen LogP contribution is -2.42. The van der Waals surface area contributed by atoms with Crippen LogP contribution in [-0.4, -0.2) is 24.8 Å². The number of hydrogen-bond acceptors (Lipinski definition) is 2. The molecule has 1 heterocycles. The molecular formula is C16H31NO. The van der Waals surface area contributed by atoms with Gasteiger partial charge in [0.25, 0.3) is 0 Å². The molecule has 106 valence electrons. The van der Waals surface area contributed by atoms with Crippen LogP contribution in [0.4, 0.5) is 0 Å². The van der Waals surface area contributed by atoms with E-state index in [9.17, 15) is 0 Å². The molecule has 4 atom stereocenters. The second-order valence-corrected chi connectivity index (χ2v) is 7.55. The largest absolute Gasteiger partial charge is 0.378 e. The zero-order chi connectivity index (χ0) is 13.2. The molecule has 0 aromatic heterocycles. The smallest absolute Gasteiger partial charge is 0.0644 e. The lowest BCUT2D eigenvalue weighted by molar-refractivity contribution is 0.0178. The van der Waals surface area contributed by atoms with Crippen molar-refractivity contribution >= 4 is 0 Å². The Hall–Kier alpha value is -0.0800. The minimum atomic E-state index is 0.229. The predicted octanol–water partition coefficient (Wildman–Crippen LogP) is 3.61. The highest BCUT2D eigenvalue weighted by atomic mass is 16.5. The van der Waals surface area contributed by atoms with Gasteiger partial charge >= 0.3 is 0 Å². The lowest BCUT2D eigenvalue weighted by Gasteiger charge is -2.34. The number of rotatable bonds is 3. The van der Waals surface area contributed by atoms with Crippen molar-refractivity contribution < 1.29 is 4.74 Å². The maximum absolute atomic E-state index is 6.08. The first-order valence-electron chi connectivity index (χ1n) is 7.82. The van der Waals surface area contributed by atoms with E-state index in [0.717, 1.165) is 30.9 Å². The summed E-state index contributed by atoms with van der Waals surface area (Å²) in [6, 6.07) is 0. The fourth-order valence-electron chi connectivity index (χ4n) is 3.61. The first-order chi connectivity index (χ1) is 8.46. The molecule has 2 fully saturated rings. The molecule has 1 aliphatic heterocycles. The van der Waals surface area contributed by atoms with Crippen LogP contribution in [0, 0.1) is 17.8 Å². The van der Waals surface area contributed by atoms with Crippen molar-refractivity contribution in [1.82, 2.24) is 5.32 Å². The molecule has 2 nitrogen and oxygen atoms in total. The molecule has 0 bridgehead atoms. The Labute approximate surface area is 113 Å². The molecule has 1 saturated carbocycles. The van der Waals surface area contributed by atoms with E-state index in [4.69, 9.17) is 4.74 Å². The minimum absolute atomic E-state index is 0.229. The maximum atomic E-state index is 6.08. The zero-order valence-corrected chi connectivity index (χ0v) is 12.7. The standard InChI is InChI=1S/C16H31NO/c1-12-6-5-7-13(10-12)15-14(8-9-18-15)11-17-16(2,3)4/h12-15,17H,5-11H2,1-4H3. The van der Waals surface area contributed by atoms with Crippen molar-refractivity contribution in [2.75, 3.05) is 13.2 Å². The van der Waals surface area contributed by atoms with Gasteiger partial charge < -0.3 is 10.1 Å². The minimum Gasteiger partial charge on any atom is -0.378 e. The highest BCUT2D eigenvalue weighted by Crippen LogP contribution is 2.37. The summed E-state index contributed by atoms with van der Waals surface area (Å²) in [7, 11) is 0. The molecule has 0 aromatic carbocycles. The molecule has 2 aliphatic rings. The molecule has 0 amide bonds. The van der Waals surface area contributed by atoms with Gasteiger partial charge in [0.05, 0.1) is 6.10 Å². The third-order valence-corrected chi connectivity index (χ3v) is 4.60. The van der Waals surface area contributed by atoms with E-state index in [0.29, 0.717) is 6.10 Å². The van der Waals surface area contributed by atoms with Crippen molar-refractivity contribution in [3.8, 4) is 0 Å². The van der Waals surface area contributed by atoms with Gasteiger partial charge in [0.1, 0.15) is 0 Å². The van der Waals surface area contributed by atoms with Crippen molar-refractivity contribution in [3.63, 3.8) is 0 Å². The number of ether oxygens (including phenoxy) is 1. The van der Waals surface area contributed by atoms with Crippen LogP contribution < -0.4 is 5.32 Å². The summed E-state index contributed by atoms with van der Waals surface area (Å²) < 4.78 is 6.08. The van der Waals surface area contributed by atoms with Gasteiger partial charge in [-0.05, 0) is 51.9 Å². The molecular weight excluding hydrogens is 222 g/mol. The van der Waals surface area contributed by atoms with Crippen molar-refractivity contribution in [1.29, 1.82) is 0 Å². The predicted molar refractivity (Wildman–Crippen MR) is 76.7 cm³/mol. The van der Waals surface area contributed by atoms with E-state index in [1.54, 1.807) is 0 Å². The number of hydrogen-bond donors (Lipinski definition) is 1. The fourth-order valence-corrected chi connectivity index (χ4v) is 3.61. The molecule has 1 N–H and O–H groups in total. The average Bonchev–Trinajstić information content (AvgIpc) is 2.73. The topological polar surface area (TPSA) is 21.3 Å². The molecule has 1 saturated heterocycles. The average molecular weight is 253 g/mol. The van der Waals surface area contributed by atoms with E-state index < -0.39 is 0 Å². The van der Waals surface area contributed by atoms with Gasteiger partial charge in [-0.25, -0.2) is 0 Å². The van der Waals surface area contributed by atoms with Gasteiger partial charge in [-0.3, -0.25) is 0 Å². The van der Waals surface area contributed by atoms with Crippen LogP contribution in [0.15, 0.2) is 0 Å². The Balaban J connectivity index is 1.86. The van der Waals surface area contributed by atoms with E-state index in [-0.39, 0.29) is 5.54 Å². The lowest BCUT2D eigenvalue weighted by atomic mass is 9.76. The van der Waals surface area contributed by atoms with Crippen molar-refractivity contribution in [2.24, 2.45) is 17.8 Å². The monoisotopic (exact) mass is 253 g/mol. The van der Waals surface area contributed by atoms with Crippen molar-refractivity contribution in [2.45, 2.75) is 71.4 Å². The molecule has 0 radical (unpaired) electrons. The third kappa shape index (κ3) is 3.96. The van der Waals surface area contributed by atoms with Gasteiger partial charge in [0.15, 0.2) is 0 Å². The van der Waals surface area contributed by atoms with Crippen LogP contribution in [0.25, 0.3) is 0 Å². The van der Waals surface area contributed by atoms with Gasteiger partial charge in [0, 0.05) is 24.6 Å². The van der Waals surface area contributed by atoms with Crippen LogP contribution in [0.3, 0.4) is 0 Å². The summed E-state index contributed by atoms with van der Waals surface area (Å²) in [5.41, 5.74) is 0.229. The Morgan fingerprint density at radius 1 is 1.17 bits per heavy atom. The van der Waals surface area contributed by atoms with Gasteiger partial charge in [-0.15, -0.1) is 0 Å². The van der Waals surface area contributed by atoms with Crippen LogP contribution >= 0.6 is 0 Å². The summed E-state index contributed by atoms with van der Waals surface area (Å²) in [5.74, 6) is 2.46. The summed E-state index contributed by atoms with van der Waals surface area (Å²) in [4.78, 5) is 0. The van der Waals surface area contributed by atoms with Gasteiger partial charge in [-0.1, -0.05) is 19.8 Å². The highest BCUT2D eigenvalue weighted by Gasteiger charge is 2.36. The SMILES string of the molecule is CC1CCCC(C2OCCC2CNC(C)(C)C)C1. The van der Waals surface area contributed by atoms with Crippen LogP contribution in [0.1, 0.15) is 59.8 Å². The zero-order valence-electron chi connectivity index (χ0n) is 12.7. The summed E-state index contributed by atoms with van der Waals surface area (Å²) in [5, 5.41) is 3.66. The summed E-state index contributed by atoms with van der Waals surface area (Å²) in [6.07, 6.45) is 7.39. The molecule has 4 unspecified atom stereocenters. The second-order valence-electron chi connectivity index (χ2n) is 7.55. The first kappa shape index (κ1) is 14.3. The quantitative estimate of drug-likeness (QED) is 0.829. The molecule has 2 rings (SSSR count). The van der Waals surface area contributed by atoms with Crippen LogP contribution in [-0.2, 0) is 4.74 Å². The molecule has 0 spiro atoms. The Morgan fingerprint density at radius 2 is 1.94 bits per heavy atom. The first-order valence-corrected chi connectivity index (χ1v) is 7.82. The van der Waals surface area contributed by atoms with Crippen LogP contribution in [0.2, 0.25) is 0 Å². The summed E-state index contributed by atoms with van der Waals surface area (Å²) in [6.45, 7) is 11.3. The van der Waals surface area contributed by atoms with E-state index >= 15 is 0 Å².